The number of likely N-dealkylation sites (N-methyl/N-ethyl adjacent to an activating group) is 1. The van der Waals surface area contributed by atoms with Crippen LogP contribution in [0.4, 0.5) is 0 Å². The van der Waals surface area contributed by atoms with E-state index in [9.17, 15) is 14.4 Å². The quantitative estimate of drug-likeness (QED) is 0.761. The lowest BCUT2D eigenvalue weighted by Gasteiger charge is -2.43. The molecule has 0 aromatic carbocycles. The summed E-state index contributed by atoms with van der Waals surface area (Å²) in [5, 5.41) is 3.11. The number of amides is 3. The molecule has 2 aliphatic heterocycles. The highest BCUT2D eigenvalue weighted by Gasteiger charge is 2.50. The van der Waals surface area contributed by atoms with Crippen LogP contribution in [0.1, 0.15) is 34.1 Å². The molecule has 0 aromatic rings. The predicted octanol–water partition coefficient (Wildman–Crippen LogP) is -0.0863. The number of piperidine rings is 1. The number of nitrogens with one attached hydrogen (secondary N) is 1. The van der Waals surface area contributed by atoms with E-state index in [2.05, 4.69) is 10.2 Å². The second-order valence-corrected chi connectivity index (χ2v) is 6.98. The first-order valence-electron chi connectivity index (χ1n) is 8.85. The third-order valence-electron chi connectivity index (χ3n) is 5.39. The summed E-state index contributed by atoms with van der Waals surface area (Å²) in [6.07, 6.45) is 0.770. The van der Waals surface area contributed by atoms with Gasteiger partial charge in [0.2, 0.25) is 17.7 Å². The Kier molecular flexibility index (Phi) is 5.85. The fourth-order valence-electron chi connectivity index (χ4n) is 4.06. The Morgan fingerprint density at radius 1 is 1.17 bits per heavy atom. The molecule has 2 atom stereocenters. The van der Waals surface area contributed by atoms with Crippen LogP contribution in [0.3, 0.4) is 0 Å². The van der Waals surface area contributed by atoms with Crippen LogP contribution >= 0.6 is 0 Å². The van der Waals surface area contributed by atoms with Crippen molar-refractivity contribution in [3.05, 3.63) is 0 Å². The molecule has 0 spiro atoms. The summed E-state index contributed by atoms with van der Waals surface area (Å²) in [6, 6.07) is 0. The number of nitrogens with zero attached hydrogens (tertiary/aromatic N) is 3. The number of likely N-dealkylation sites (tertiary alicyclic amines) is 2. The van der Waals surface area contributed by atoms with Gasteiger partial charge in [-0.2, -0.15) is 0 Å². The van der Waals surface area contributed by atoms with E-state index >= 15 is 0 Å². The van der Waals surface area contributed by atoms with Crippen LogP contribution in [-0.4, -0.2) is 83.8 Å². The molecule has 0 unspecified atom stereocenters. The third-order valence-corrected chi connectivity index (χ3v) is 5.39. The minimum absolute atomic E-state index is 0.0416. The summed E-state index contributed by atoms with van der Waals surface area (Å²) in [4.78, 5) is 41.6. The van der Waals surface area contributed by atoms with Crippen LogP contribution in [0.25, 0.3) is 0 Å². The van der Waals surface area contributed by atoms with Gasteiger partial charge in [-0.3, -0.25) is 19.3 Å². The molecule has 7 heteroatoms. The molecule has 136 valence electrons. The van der Waals surface area contributed by atoms with Crippen molar-refractivity contribution in [3.8, 4) is 0 Å². The van der Waals surface area contributed by atoms with Gasteiger partial charge in [-0.25, -0.2) is 0 Å². The zero-order chi connectivity index (χ0) is 17.9. The van der Waals surface area contributed by atoms with Gasteiger partial charge in [0.25, 0.3) is 0 Å². The Hall–Kier alpha value is -1.63. The lowest BCUT2D eigenvalue weighted by Crippen LogP contribution is -2.61. The largest absolute Gasteiger partial charge is 0.349 e. The molecule has 1 N–H and O–H groups in total. The van der Waals surface area contributed by atoms with Crippen LogP contribution in [0.15, 0.2) is 0 Å². The average Bonchev–Trinajstić information content (AvgIpc) is 2.86. The maximum Gasteiger partial charge on any atom is 0.236 e. The normalized spacial score (nSPS) is 26.8. The summed E-state index contributed by atoms with van der Waals surface area (Å²) < 4.78 is 0. The summed E-state index contributed by atoms with van der Waals surface area (Å²) in [7, 11) is 0. The van der Waals surface area contributed by atoms with Crippen molar-refractivity contribution in [1.29, 1.82) is 0 Å². The summed E-state index contributed by atoms with van der Waals surface area (Å²) in [5.41, 5.74) is -0.341. The van der Waals surface area contributed by atoms with Crippen molar-refractivity contribution in [2.24, 2.45) is 5.92 Å². The summed E-state index contributed by atoms with van der Waals surface area (Å²) >= 11 is 0. The maximum atomic E-state index is 12.3. The van der Waals surface area contributed by atoms with E-state index in [4.69, 9.17) is 0 Å². The molecular formula is C17H30N4O3. The predicted molar refractivity (Wildman–Crippen MR) is 91.3 cm³/mol. The fourth-order valence-corrected chi connectivity index (χ4v) is 4.06. The van der Waals surface area contributed by atoms with E-state index in [1.165, 1.54) is 6.92 Å². The summed E-state index contributed by atoms with van der Waals surface area (Å²) in [5.74, 6) is 0.301. The van der Waals surface area contributed by atoms with Crippen LogP contribution in [-0.2, 0) is 14.4 Å². The van der Waals surface area contributed by atoms with Crippen molar-refractivity contribution < 1.29 is 14.4 Å². The minimum Gasteiger partial charge on any atom is -0.349 e. The topological polar surface area (TPSA) is 73.0 Å². The van der Waals surface area contributed by atoms with Gasteiger partial charge in [-0.15, -0.1) is 0 Å². The number of hydrogen-bond acceptors (Lipinski definition) is 4. The minimum atomic E-state index is -0.341. The van der Waals surface area contributed by atoms with Crippen molar-refractivity contribution in [2.75, 3.05) is 45.8 Å². The molecule has 0 bridgehead atoms. The van der Waals surface area contributed by atoms with Crippen LogP contribution in [0.5, 0.6) is 0 Å². The third kappa shape index (κ3) is 3.88. The molecule has 2 rings (SSSR count). The number of hydrogen-bond donors (Lipinski definition) is 1. The number of carbonyl (C=O) groups excluding carboxylic acids is 3. The molecule has 2 aliphatic rings. The Bertz CT molecular complexity index is 506. The highest BCUT2D eigenvalue weighted by molar-refractivity contribution is 5.78. The van der Waals surface area contributed by atoms with Gasteiger partial charge >= 0.3 is 0 Å². The van der Waals surface area contributed by atoms with Crippen molar-refractivity contribution in [3.63, 3.8) is 0 Å². The van der Waals surface area contributed by atoms with Crippen LogP contribution in [0.2, 0.25) is 0 Å². The highest BCUT2D eigenvalue weighted by Crippen LogP contribution is 2.35. The van der Waals surface area contributed by atoms with Crippen LogP contribution < -0.4 is 5.32 Å². The van der Waals surface area contributed by atoms with Crippen molar-refractivity contribution in [2.45, 2.75) is 39.7 Å². The van der Waals surface area contributed by atoms with Gasteiger partial charge in [-0.05, 0) is 20.3 Å². The molecule has 2 fully saturated rings. The molecule has 0 radical (unpaired) electrons. The van der Waals surface area contributed by atoms with Crippen LogP contribution in [0, 0.1) is 5.92 Å². The Morgan fingerprint density at radius 3 is 2.38 bits per heavy atom. The maximum absolute atomic E-state index is 12.3. The number of carbonyl (C=O) groups is 3. The average molecular weight is 338 g/mol. The lowest BCUT2D eigenvalue weighted by atomic mass is 9.80. The highest BCUT2D eigenvalue weighted by atomic mass is 16.2. The fraction of sp³-hybridized carbons (Fsp3) is 0.824. The first kappa shape index (κ1) is 18.7. The molecule has 0 aliphatic carbocycles. The Balaban J connectivity index is 2.06. The molecule has 3 amide bonds. The van der Waals surface area contributed by atoms with Crippen molar-refractivity contribution >= 4 is 17.7 Å². The zero-order valence-corrected chi connectivity index (χ0v) is 15.3. The van der Waals surface area contributed by atoms with E-state index < -0.39 is 0 Å². The van der Waals surface area contributed by atoms with E-state index in [0.29, 0.717) is 19.6 Å². The number of fused-ring (bicyclic) bond motifs is 1. The monoisotopic (exact) mass is 338 g/mol. The molecule has 7 nitrogen and oxygen atoms in total. The van der Waals surface area contributed by atoms with E-state index in [0.717, 1.165) is 32.6 Å². The molecular weight excluding hydrogens is 308 g/mol. The van der Waals surface area contributed by atoms with Crippen molar-refractivity contribution in [1.82, 2.24) is 20.0 Å². The van der Waals surface area contributed by atoms with Gasteiger partial charge < -0.3 is 15.1 Å². The number of rotatable bonds is 5. The van der Waals surface area contributed by atoms with Gasteiger partial charge in [0.1, 0.15) is 0 Å². The molecule has 2 heterocycles. The standard InChI is InChI=1S/C17H30N4O3/c1-5-20(6-2)16(24)11-19-8-7-17(18-13(3)22)12-21(14(4)23)10-15(17)9-19/h15H,5-12H2,1-4H3,(H,18,22)/t15-,17-/m1/s1. The summed E-state index contributed by atoms with van der Waals surface area (Å²) in [6.45, 7) is 11.6. The molecule has 0 aromatic heterocycles. The first-order chi connectivity index (χ1) is 11.3. The van der Waals surface area contributed by atoms with E-state index in [-0.39, 0.29) is 29.2 Å². The van der Waals surface area contributed by atoms with Gasteiger partial charge in [0.15, 0.2) is 0 Å². The molecule has 0 saturated carbocycles. The smallest absolute Gasteiger partial charge is 0.236 e. The van der Waals surface area contributed by atoms with E-state index in [1.54, 1.807) is 6.92 Å². The van der Waals surface area contributed by atoms with Gasteiger partial charge in [-0.1, -0.05) is 0 Å². The van der Waals surface area contributed by atoms with Gasteiger partial charge in [0, 0.05) is 59.0 Å². The Morgan fingerprint density at radius 2 is 1.83 bits per heavy atom. The first-order valence-corrected chi connectivity index (χ1v) is 8.85. The second-order valence-electron chi connectivity index (χ2n) is 6.98. The molecule has 2 saturated heterocycles. The lowest BCUT2D eigenvalue weighted by molar-refractivity contribution is -0.133. The zero-order valence-electron chi connectivity index (χ0n) is 15.3. The SMILES string of the molecule is CCN(CC)C(=O)CN1CC[C@@]2(NC(C)=O)CN(C(C)=O)C[C@H]2C1. The van der Waals surface area contributed by atoms with Gasteiger partial charge in [0.05, 0.1) is 12.1 Å². The van der Waals surface area contributed by atoms with E-state index in [1.807, 2.05) is 23.6 Å². The Labute approximate surface area is 144 Å². The second kappa shape index (κ2) is 7.51. The molecule has 24 heavy (non-hydrogen) atoms.